The molecule has 0 saturated carbocycles. The van der Waals surface area contributed by atoms with E-state index >= 15 is 0 Å². The maximum atomic E-state index is 10.7. The first-order chi connectivity index (χ1) is 6.63. The molecule has 0 aliphatic rings. The fraction of sp³-hybridized carbons (Fsp3) is 0.250. The van der Waals surface area contributed by atoms with Gasteiger partial charge in [0.15, 0.2) is 6.29 Å². The zero-order valence-corrected chi connectivity index (χ0v) is 8.54. The second-order valence-electron chi connectivity index (χ2n) is 3.40. The normalized spacial score (nSPS) is 9.57. The first-order valence-electron chi connectivity index (χ1n) is 4.46. The van der Waals surface area contributed by atoms with Gasteiger partial charge in [-0.1, -0.05) is 18.2 Å². The van der Waals surface area contributed by atoms with Gasteiger partial charge in [-0.05, 0) is 31.6 Å². The van der Waals surface area contributed by atoms with Crippen molar-refractivity contribution in [1.29, 1.82) is 0 Å². The molecule has 0 atom stereocenters. The number of benzene rings is 1. The van der Waals surface area contributed by atoms with Gasteiger partial charge < -0.3 is 4.74 Å². The Morgan fingerprint density at radius 2 is 2.29 bits per heavy atom. The third-order valence-corrected chi connectivity index (χ3v) is 1.77. The van der Waals surface area contributed by atoms with Crippen molar-refractivity contribution in [3.05, 3.63) is 41.5 Å². The predicted molar refractivity (Wildman–Crippen MR) is 56.9 cm³/mol. The summed E-state index contributed by atoms with van der Waals surface area (Å²) in [6, 6.07) is 5.53. The maximum Gasteiger partial charge on any atom is 0.153 e. The fourth-order valence-electron chi connectivity index (χ4n) is 1.09. The first kappa shape index (κ1) is 10.5. The Bertz CT molecular complexity index is 353. The Morgan fingerprint density at radius 1 is 1.57 bits per heavy atom. The lowest BCUT2D eigenvalue weighted by Gasteiger charge is -2.08. The van der Waals surface area contributed by atoms with Crippen molar-refractivity contribution >= 4 is 6.29 Å². The zero-order valence-electron chi connectivity index (χ0n) is 8.54. The van der Waals surface area contributed by atoms with Gasteiger partial charge >= 0.3 is 0 Å². The highest BCUT2D eigenvalue weighted by atomic mass is 16.5. The van der Waals surface area contributed by atoms with E-state index in [9.17, 15) is 4.79 Å². The van der Waals surface area contributed by atoms with E-state index in [0.29, 0.717) is 17.9 Å². The number of rotatable bonds is 4. The molecule has 0 spiro atoms. The Balaban J connectivity index is 2.85. The molecule has 14 heavy (non-hydrogen) atoms. The van der Waals surface area contributed by atoms with E-state index < -0.39 is 0 Å². The quantitative estimate of drug-likeness (QED) is 0.539. The van der Waals surface area contributed by atoms with Gasteiger partial charge in [-0.3, -0.25) is 4.79 Å². The van der Waals surface area contributed by atoms with Crippen molar-refractivity contribution in [2.45, 2.75) is 13.8 Å². The first-order valence-corrected chi connectivity index (χ1v) is 4.46. The minimum Gasteiger partial charge on any atom is -0.489 e. The molecule has 0 N–H and O–H groups in total. The Labute approximate surface area is 84.2 Å². The Hall–Kier alpha value is -1.57. The number of hydrogen-bond donors (Lipinski definition) is 0. The zero-order chi connectivity index (χ0) is 10.6. The molecule has 0 heterocycles. The molecule has 0 saturated heterocycles. The molecule has 0 unspecified atom stereocenters. The molecule has 2 nitrogen and oxygen atoms in total. The van der Waals surface area contributed by atoms with Crippen LogP contribution < -0.4 is 4.74 Å². The van der Waals surface area contributed by atoms with Crippen LogP contribution in [0.3, 0.4) is 0 Å². The third kappa shape index (κ3) is 2.73. The van der Waals surface area contributed by atoms with Crippen molar-refractivity contribution in [2.75, 3.05) is 6.61 Å². The molecule has 0 aromatic heterocycles. The fourth-order valence-corrected chi connectivity index (χ4v) is 1.09. The summed E-state index contributed by atoms with van der Waals surface area (Å²) in [5.74, 6) is 0.619. The van der Waals surface area contributed by atoms with Crippen LogP contribution in [0.1, 0.15) is 22.8 Å². The second-order valence-corrected chi connectivity index (χ2v) is 3.40. The molecular formula is C12H14O2. The van der Waals surface area contributed by atoms with E-state index in [1.807, 2.05) is 26.0 Å². The summed E-state index contributed by atoms with van der Waals surface area (Å²) in [5, 5.41) is 0. The van der Waals surface area contributed by atoms with Crippen LogP contribution in [-0.4, -0.2) is 12.9 Å². The molecule has 0 radical (unpaired) electrons. The van der Waals surface area contributed by atoms with E-state index in [1.54, 1.807) is 6.07 Å². The van der Waals surface area contributed by atoms with Crippen molar-refractivity contribution in [3.63, 3.8) is 0 Å². The highest BCUT2D eigenvalue weighted by Crippen LogP contribution is 2.18. The van der Waals surface area contributed by atoms with Crippen LogP contribution in [0.15, 0.2) is 30.4 Å². The van der Waals surface area contributed by atoms with Crippen LogP contribution in [0.5, 0.6) is 5.75 Å². The monoisotopic (exact) mass is 190 g/mol. The van der Waals surface area contributed by atoms with Crippen molar-refractivity contribution in [3.8, 4) is 5.75 Å². The molecule has 1 aromatic rings. The van der Waals surface area contributed by atoms with E-state index in [4.69, 9.17) is 4.74 Å². The number of carbonyl (C=O) groups is 1. The van der Waals surface area contributed by atoms with Gasteiger partial charge in [-0.25, -0.2) is 0 Å². The summed E-state index contributed by atoms with van der Waals surface area (Å²) in [6.07, 6.45) is 0.806. The number of hydrogen-bond acceptors (Lipinski definition) is 2. The number of carbonyl (C=O) groups excluding carboxylic acids is 1. The summed E-state index contributed by atoms with van der Waals surface area (Å²) < 4.78 is 5.41. The summed E-state index contributed by atoms with van der Waals surface area (Å²) in [7, 11) is 0. The summed E-state index contributed by atoms with van der Waals surface area (Å²) in [4.78, 5) is 10.7. The predicted octanol–water partition coefficient (Wildman–Crippen LogP) is 2.76. The van der Waals surface area contributed by atoms with Crippen molar-refractivity contribution < 1.29 is 9.53 Å². The molecule has 2 heteroatoms. The van der Waals surface area contributed by atoms with Crippen LogP contribution in [0.25, 0.3) is 0 Å². The largest absolute Gasteiger partial charge is 0.489 e. The third-order valence-electron chi connectivity index (χ3n) is 1.77. The number of aldehydes is 1. The molecule has 0 amide bonds. The molecule has 0 aliphatic heterocycles. The van der Waals surface area contributed by atoms with Gasteiger partial charge in [0, 0.05) is 0 Å². The average molecular weight is 190 g/mol. The van der Waals surface area contributed by atoms with Crippen LogP contribution >= 0.6 is 0 Å². The topological polar surface area (TPSA) is 26.3 Å². The molecule has 0 aliphatic carbocycles. The minimum absolute atomic E-state index is 0.448. The molecule has 74 valence electrons. The Morgan fingerprint density at radius 3 is 2.86 bits per heavy atom. The summed E-state index contributed by atoms with van der Waals surface area (Å²) in [5.41, 5.74) is 2.57. The Kier molecular flexibility index (Phi) is 3.46. The second kappa shape index (κ2) is 4.61. The molecule has 1 aromatic carbocycles. The maximum absolute atomic E-state index is 10.7. The number of ether oxygens (including phenoxy) is 1. The highest BCUT2D eigenvalue weighted by molar-refractivity contribution is 5.79. The van der Waals surface area contributed by atoms with Crippen LogP contribution in [-0.2, 0) is 0 Å². The molecular weight excluding hydrogens is 176 g/mol. The lowest BCUT2D eigenvalue weighted by molar-refractivity contribution is 0.112. The van der Waals surface area contributed by atoms with E-state index in [0.717, 1.165) is 17.4 Å². The lowest BCUT2D eigenvalue weighted by atomic mass is 10.1. The molecule has 0 bridgehead atoms. The van der Waals surface area contributed by atoms with E-state index in [-0.39, 0.29) is 0 Å². The summed E-state index contributed by atoms with van der Waals surface area (Å²) >= 11 is 0. The van der Waals surface area contributed by atoms with E-state index in [1.165, 1.54) is 0 Å². The van der Waals surface area contributed by atoms with Crippen molar-refractivity contribution in [2.24, 2.45) is 0 Å². The SMILES string of the molecule is C=C(C)COc1ccc(C)cc1C=O. The highest BCUT2D eigenvalue weighted by Gasteiger charge is 2.02. The van der Waals surface area contributed by atoms with Gasteiger partial charge in [-0.2, -0.15) is 0 Å². The van der Waals surface area contributed by atoms with Crippen molar-refractivity contribution in [1.82, 2.24) is 0 Å². The molecule has 1 rings (SSSR count). The van der Waals surface area contributed by atoms with Crippen LogP contribution in [0.2, 0.25) is 0 Å². The smallest absolute Gasteiger partial charge is 0.153 e. The van der Waals surface area contributed by atoms with Gasteiger partial charge in [0.25, 0.3) is 0 Å². The summed E-state index contributed by atoms with van der Waals surface area (Å²) in [6.45, 7) is 8.00. The van der Waals surface area contributed by atoms with Crippen LogP contribution in [0, 0.1) is 6.92 Å². The number of aryl methyl sites for hydroxylation is 1. The van der Waals surface area contributed by atoms with Gasteiger partial charge in [-0.15, -0.1) is 0 Å². The van der Waals surface area contributed by atoms with Gasteiger partial charge in [0.05, 0.1) is 5.56 Å². The minimum atomic E-state index is 0.448. The van der Waals surface area contributed by atoms with E-state index in [2.05, 4.69) is 6.58 Å². The van der Waals surface area contributed by atoms with Crippen LogP contribution in [0.4, 0.5) is 0 Å². The average Bonchev–Trinajstić information content (AvgIpc) is 2.15. The molecule has 0 fully saturated rings. The van der Waals surface area contributed by atoms with Gasteiger partial charge in [0.1, 0.15) is 12.4 Å². The van der Waals surface area contributed by atoms with Gasteiger partial charge in [0.2, 0.25) is 0 Å². The standard InChI is InChI=1S/C12H14O2/c1-9(2)8-14-12-5-4-10(3)6-11(12)7-13/h4-7H,1,8H2,2-3H3. The lowest BCUT2D eigenvalue weighted by Crippen LogP contribution is -2.00.